The molecule has 1 aromatic heterocycles. The van der Waals surface area contributed by atoms with Gasteiger partial charge >= 0.3 is 0 Å². The van der Waals surface area contributed by atoms with Crippen LogP contribution in [0.4, 0.5) is 5.69 Å². The highest BCUT2D eigenvalue weighted by Crippen LogP contribution is 2.12. The second-order valence-electron chi connectivity index (χ2n) is 4.41. The number of nitriles is 1. The Hall–Kier alpha value is -3.00. The van der Waals surface area contributed by atoms with E-state index in [4.69, 9.17) is 9.68 Å². The van der Waals surface area contributed by atoms with Gasteiger partial charge in [-0.15, -0.1) is 0 Å². The molecule has 0 spiro atoms. The molecule has 0 aliphatic heterocycles. The van der Waals surface area contributed by atoms with Crippen LogP contribution in [0.5, 0.6) is 0 Å². The van der Waals surface area contributed by atoms with E-state index in [1.807, 2.05) is 18.2 Å². The molecule has 2 N–H and O–H groups in total. The third-order valence-electron chi connectivity index (χ3n) is 2.70. The summed E-state index contributed by atoms with van der Waals surface area (Å²) in [5.41, 5.74) is 2.04. The van der Waals surface area contributed by atoms with Crippen LogP contribution in [-0.4, -0.2) is 5.91 Å². The van der Waals surface area contributed by atoms with E-state index in [2.05, 4.69) is 16.7 Å². The number of carbonyl (C=O) groups is 1. The fourth-order valence-electron chi connectivity index (χ4n) is 1.75. The third-order valence-corrected chi connectivity index (χ3v) is 2.70. The normalized spacial score (nSPS) is 10.8. The molecule has 0 fully saturated rings. The van der Waals surface area contributed by atoms with E-state index >= 15 is 0 Å². The predicted molar refractivity (Wildman–Crippen MR) is 79.9 cm³/mol. The fraction of sp³-hybridized carbons (Fsp3) is 0.125. The smallest absolute Gasteiger partial charge is 0.221 e. The van der Waals surface area contributed by atoms with Crippen molar-refractivity contribution in [3.8, 4) is 6.07 Å². The van der Waals surface area contributed by atoms with Crippen LogP contribution in [0, 0.1) is 11.3 Å². The van der Waals surface area contributed by atoms with Gasteiger partial charge in [0.25, 0.3) is 0 Å². The number of anilines is 1. The molecule has 1 amide bonds. The highest BCUT2D eigenvalue weighted by Gasteiger charge is 2.00. The van der Waals surface area contributed by atoms with Gasteiger partial charge in [-0.25, -0.2) is 0 Å². The van der Waals surface area contributed by atoms with Crippen molar-refractivity contribution in [1.29, 1.82) is 5.26 Å². The van der Waals surface area contributed by atoms with Crippen molar-refractivity contribution in [3.63, 3.8) is 0 Å². The summed E-state index contributed by atoms with van der Waals surface area (Å²) in [7, 11) is 0. The molecule has 21 heavy (non-hydrogen) atoms. The molecule has 1 aromatic carbocycles. The zero-order valence-electron chi connectivity index (χ0n) is 11.6. The third kappa shape index (κ3) is 4.55. The minimum Gasteiger partial charge on any atom is -0.467 e. The first-order valence-electron chi connectivity index (χ1n) is 6.43. The molecule has 0 bridgehead atoms. The summed E-state index contributed by atoms with van der Waals surface area (Å²) in [5, 5.41) is 14.8. The maximum atomic E-state index is 10.9. The Morgan fingerprint density at radius 3 is 2.67 bits per heavy atom. The number of benzene rings is 1. The van der Waals surface area contributed by atoms with Crippen LogP contribution < -0.4 is 10.6 Å². The number of amides is 1. The van der Waals surface area contributed by atoms with Crippen LogP contribution in [0.3, 0.4) is 0 Å². The number of rotatable bonds is 5. The van der Waals surface area contributed by atoms with Crippen molar-refractivity contribution >= 4 is 17.7 Å². The molecule has 0 saturated heterocycles. The molecule has 0 aliphatic carbocycles. The van der Waals surface area contributed by atoms with E-state index in [0.29, 0.717) is 12.2 Å². The van der Waals surface area contributed by atoms with Gasteiger partial charge in [-0.05, 0) is 35.9 Å². The minimum atomic E-state index is -0.115. The lowest BCUT2D eigenvalue weighted by atomic mass is 10.1. The zero-order chi connectivity index (χ0) is 15.1. The van der Waals surface area contributed by atoms with Crippen LogP contribution in [0.1, 0.15) is 18.2 Å². The van der Waals surface area contributed by atoms with Crippen molar-refractivity contribution < 1.29 is 9.21 Å². The number of nitrogens with zero attached hydrogens (tertiary/aromatic N) is 1. The van der Waals surface area contributed by atoms with E-state index in [1.54, 1.807) is 30.5 Å². The first kappa shape index (κ1) is 14.4. The number of carbonyl (C=O) groups excluding carboxylic acids is 1. The Labute approximate surface area is 122 Å². The Morgan fingerprint density at radius 2 is 2.10 bits per heavy atom. The highest BCUT2D eigenvalue weighted by atomic mass is 16.3. The van der Waals surface area contributed by atoms with Gasteiger partial charge < -0.3 is 15.1 Å². The molecular weight excluding hydrogens is 266 g/mol. The molecule has 5 heteroatoms. The summed E-state index contributed by atoms with van der Waals surface area (Å²) in [6.45, 7) is 1.91. The first-order valence-corrected chi connectivity index (χ1v) is 6.43. The lowest BCUT2D eigenvalue weighted by Gasteiger charge is -2.04. The van der Waals surface area contributed by atoms with Gasteiger partial charge in [-0.3, -0.25) is 4.79 Å². The van der Waals surface area contributed by atoms with Crippen LogP contribution in [-0.2, 0) is 11.3 Å². The molecule has 106 valence electrons. The average Bonchev–Trinajstić information content (AvgIpc) is 2.98. The topological polar surface area (TPSA) is 78.1 Å². The standard InChI is InChI=1S/C16H15N3O2/c1-12(20)19-14-6-4-13(5-7-14)9-15(10-17)18-11-16-3-2-8-21-16/h2-9,18H,11H2,1H3,(H,19,20). The second kappa shape index (κ2) is 6.96. The molecule has 2 rings (SSSR count). The number of allylic oxidation sites excluding steroid dienone is 1. The van der Waals surface area contributed by atoms with Crippen LogP contribution >= 0.6 is 0 Å². The number of hydrogen-bond acceptors (Lipinski definition) is 4. The van der Waals surface area contributed by atoms with Gasteiger partial charge in [0, 0.05) is 12.6 Å². The molecule has 2 aromatic rings. The molecule has 0 unspecified atom stereocenters. The Balaban J connectivity index is 2.02. The fourth-order valence-corrected chi connectivity index (χ4v) is 1.75. The molecule has 1 heterocycles. The molecule has 0 radical (unpaired) electrons. The van der Waals surface area contributed by atoms with E-state index in [1.165, 1.54) is 6.92 Å². The van der Waals surface area contributed by atoms with E-state index in [-0.39, 0.29) is 5.91 Å². The number of hydrogen-bond donors (Lipinski definition) is 2. The van der Waals surface area contributed by atoms with Crippen molar-refractivity contribution in [2.75, 3.05) is 5.32 Å². The van der Waals surface area contributed by atoms with Crippen LogP contribution in [0.2, 0.25) is 0 Å². The summed E-state index contributed by atoms with van der Waals surface area (Å²) >= 11 is 0. The highest BCUT2D eigenvalue weighted by molar-refractivity contribution is 5.88. The summed E-state index contributed by atoms with van der Waals surface area (Å²) in [4.78, 5) is 10.9. The maximum absolute atomic E-state index is 10.9. The number of nitrogens with one attached hydrogen (secondary N) is 2. The first-order chi connectivity index (χ1) is 10.2. The summed E-state index contributed by atoms with van der Waals surface area (Å²) in [5.74, 6) is 0.647. The SMILES string of the molecule is CC(=O)Nc1ccc(C=C(C#N)NCc2ccco2)cc1. The zero-order valence-corrected chi connectivity index (χ0v) is 11.6. The quantitative estimate of drug-likeness (QED) is 0.826. The molecule has 0 atom stereocenters. The van der Waals surface area contributed by atoms with Gasteiger partial charge in [-0.2, -0.15) is 5.26 Å². The van der Waals surface area contributed by atoms with Crippen molar-refractivity contribution in [1.82, 2.24) is 5.32 Å². The lowest BCUT2D eigenvalue weighted by molar-refractivity contribution is -0.114. The molecular formula is C16H15N3O2. The summed E-state index contributed by atoms with van der Waals surface area (Å²) in [6.07, 6.45) is 3.33. The Morgan fingerprint density at radius 1 is 1.33 bits per heavy atom. The monoisotopic (exact) mass is 281 g/mol. The van der Waals surface area contributed by atoms with Gasteiger partial charge in [0.05, 0.1) is 12.8 Å². The van der Waals surface area contributed by atoms with E-state index in [0.717, 1.165) is 17.0 Å². The van der Waals surface area contributed by atoms with Gasteiger partial charge in [0.15, 0.2) is 0 Å². The van der Waals surface area contributed by atoms with Gasteiger partial charge in [0.1, 0.15) is 17.5 Å². The van der Waals surface area contributed by atoms with Crippen molar-refractivity contribution in [2.24, 2.45) is 0 Å². The van der Waals surface area contributed by atoms with Crippen molar-refractivity contribution in [2.45, 2.75) is 13.5 Å². The Bertz CT molecular complexity index is 665. The molecule has 0 saturated carbocycles. The summed E-state index contributed by atoms with van der Waals surface area (Å²) in [6, 6.07) is 13.0. The maximum Gasteiger partial charge on any atom is 0.221 e. The minimum absolute atomic E-state index is 0.115. The van der Waals surface area contributed by atoms with Crippen LogP contribution in [0.15, 0.2) is 52.8 Å². The summed E-state index contributed by atoms with van der Waals surface area (Å²) < 4.78 is 5.19. The average molecular weight is 281 g/mol. The van der Waals surface area contributed by atoms with E-state index < -0.39 is 0 Å². The Kier molecular flexibility index (Phi) is 4.78. The molecule has 5 nitrogen and oxygen atoms in total. The molecule has 0 aliphatic rings. The lowest BCUT2D eigenvalue weighted by Crippen LogP contribution is -2.10. The van der Waals surface area contributed by atoms with Gasteiger partial charge in [-0.1, -0.05) is 12.1 Å². The predicted octanol–water partition coefficient (Wildman–Crippen LogP) is 2.89. The second-order valence-corrected chi connectivity index (χ2v) is 4.41. The number of furan rings is 1. The van der Waals surface area contributed by atoms with Crippen molar-refractivity contribution in [3.05, 3.63) is 59.7 Å². The van der Waals surface area contributed by atoms with Crippen LogP contribution in [0.25, 0.3) is 6.08 Å². The van der Waals surface area contributed by atoms with E-state index in [9.17, 15) is 4.79 Å². The van der Waals surface area contributed by atoms with Gasteiger partial charge in [0.2, 0.25) is 5.91 Å². The largest absolute Gasteiger partial charge is 0.467 e.